The number of β-lactam (4-membered cyclic amide) rings is 1. The second kappa shape index (κ2) is 15.4. The Balaban J connectivity index is 1.21. The zero-order valence-corrected chi connectivity index (χ0v) is 31.9. The van der Waals surface area contributed by atoms with Crippen molar-refractivity contribution in [3.05, 3.63) is 47.2 Å². The maximum absolute atomic E-state index is 13.6. The van der Waals surface area contributed by atoms with Crippen LogP contribution in [0.4, 0.5) is 5.13 Å². The maximum Gasteiger partial charge on any atom is 0.418 e. The van der Waals surface area contributed by atoms with Gasteiger partial charge in [0.2, 0.25) is 6.20 Å². The van der Waals surface area contributed by atoms with E-state index in [1.165, 1.54) is 26.2 Å². The molecule has 2 saturated heterocycles. The first-order valence-electron chi connectivity index (χ1n) is 17.4. The van der Waals surface area contributed by atoms with Crippen molar-refractivity contribution < 1.29 is 56.1 Å². The Morgan fingerprint density at radius 1 is 1.31 bits per heavy atom. The van der Waals surface area contributed by atoms with E-state index in [2.05, 4.69) is 29.7 Å². The Morgan fingerprint density at radius 3 is 2.69 bits per heavy atom. The first kappa shape index (κ1) is 40.0. The highest BCUT2D eigenvalue weighted by Crippen LogP contribution is 2.37. The minimum Gasteiger partial charge on any atom is -0.485 e. The van der Waals surface area contributed by atoms with Gasteiger partial charge in [-0.2, -0.15) is 18.2 Å². The number of nitrogen functional groups attached to an aromatic ring is 1. The number of aromatic nitrogens is 3. The fraction of sp³-hybridized carbons (Fsp3) is 0.515. The molecule has 3 aromatic rings. The van der Waals surface area contributed by atoms with Crippen LogP contribution in [0.25, 0.3) is 11.1 Å². The van der Waals surface area contributed by atoms with E-state index in [1.54, 1.807) is 6.07 Å². The van der Waals surface area contributed by atoms with Gasteiger partial charge in [-0.25, -0.2) is 9.78 Å². The number of ether oxygens (including phenoxy) is 1. The first-order chi connectivity index (χ1) is 25.9. The third-order valence-electron chi connectivity index (χ3n) is 9.99. The summed E-state index contributed by atoms with van der Waals surface area (Å²) in [7, 11) is -5.04. The van der Waals surface area contributed by atoms with Gasteiger partial charge in [0, 0.05) is 11.9 Å². The number of carboxylic acid groups (broad SMARTS) is 1. The van der Waals surface area contributed by atoms with Gasteiger partial charge in [0.1, 0.15) is 23.6 Å². The number of anilines is 1. The second-order valence-electron chi connectivity index (χ2n) is 14.4. The number of nitrogens with one attached hydrogen (secondary N) is 2. The summed E-state index contributed by atoms with van der Waals surface area (Å²) < 4.78 is 46.1. The molecule has 0 spiro atoms. The molecule has 3 aliphatic heterocycles. The van der Waals surface area contributed by atoms with E-state index in [-0.39, 0.29) is 23.8 Å². The summed E-state index contributed by atoms with van der Waals surface area (Å²) in [4.78, 5) is 48.7. The number of oxime groups is 1. The summed E-state index contributed by atoms with van der Waals surface area (Å²) in [5.74, 6) is -2.56. The van der Waals surface area contributed by atoms with Crippen molar-refractivity contribution in [2.75, 3.05) is 25.4 Å². The van der Waals surface area contributed by atoms with Crippen molar-refractivity contribution in [1.82, 2.24) is 25.4 Å². The average Bonchev–Trinajstić information content (AvgIpc) is 3.91. The van der Waals surface area contributed by atoms with Crippen LogP contribution >= 0.6 is 11.3 Å². The van der Waals surface area contributed by atoms with E-state index in [0.29, 0.717) is 29.7 Å². The molecule has 1 aromatic carbocycles. The van der Waals surface area contributed by atoms with Gasteiger partial charge in [0.05, 0.1) is 23.8 Å². The number of aliphatic hydroxyl groups excluding tert-OH is 1. The quantitative estimate of drug-likeness (QED) is 0.0326. The van der Waals surface area contributed by atoms with Gasteiger partial charge < -0.3 is 41.9 Å². The highest BCUT2D eigenvalue weighted by atomic mass is 32.3. The van der Waals surface area contributed by atoms with E-state index in [1.807, 2.05) is 29.2 Å². The van der Waals surface area contributed by atoms with Gasteiger partial charge in [0.15, 0.2) is 23.5 Å². The van der Waals surface area contributed by atoms with Crippen molar-refractivity contribution >= 4 is 50.4 Å². The Kier molecular flexibility index (Phi) is 11.2. The van der Waals surface area contributed by atoms with E-state index in [0.717, 1.165) is 54.1 Å². The van der Waals surface area contributed by atoms with Crippen LogP contribution < -0.4 is 31.5 Å². The molecule has 298 valence electrons. The molecule has 2 amide bonds. The molecule has 2 aromatic heterocycles. The van der Waals surface area contributed by atoms with Crippen molar-refractivity contribution in [3.63, 3.8) is 0 Å². The number of rotatable bonds is 15. The minimum absolute atomic E-state index is 0.0570. The van der Waals surface area contributed by atoms with Gasteiger partial charge in [0.25, 0.3) is 17.4 Å². The first-order valence-corrected chi connectivity index (χ1v) is 19.7. The zero-order chi connectivity index (χ0) is 39.9. The van der Waals surface area contributed by atoms with Gasteiger partial charge in [-0.1, -0.05) is 11.2 Å². The molecule has 3 aliphatic rings. The molecule has 0 saturated carbocycles. The number of aryl methyl sites for hydroxylation is 1. The Morgan fingerprint density at radius 2 is 2.07 bits per heavy atom. The molecule has 0 unspecified atom stereocenters. The molecule has 0 radical (unpaired) electrons. The average molecular weight is 807 g/mol. The largest absolute Gasteiger partial charge is 0.485 e. The van der Waals surface area contributed by atoms with Crippen LogP contribution in [0.5, 0.6) is 5.75 Å². The molecule has 22 heteroatoms. The van der Waals surface area contributed by atoms with E-state index < -0.39 is 63.3 Å². The molecule has 0 bridgehead atoms. The molecule has 55 heavy (non-hydrogen) atoms. The number of fused-ring (bicyclic) bond motifs is 1. The number of aliphatic hydroxyl groups is 1. The van der Waals surface area contributed by atoms with E-state index in [9.17, 15) is 33.0 Å². The van der Waals surface area contributed by atoms with Crippen LogP contribution in [0.2, 0.25) is 0 Å². The number of hydrogen-bond donors (Lipinski definition) is 7. The van der Waals surface area contributed by atoms with E-state index in [4.69, 9.17) is 25.6 Å². The molecule has 5 atom stereocenters. The second-order valence-corrected chi connectivity index (χ2v) is 16.3. The van der Waals surface area contributed by atoms with Gasteiger partial charge in [-0.15, -0.1) is 20.3 Å². The van der Waals surface area contributed by atoms with Gasteiger partial charge >= 0.3 is 16.4 Å². The molecule has 6 rings (SSSR count). The predicted octanol–water partition coefficient (Wildman–Crippen LogP) is -0.792. The number of carbonyl (C=O) groups excluding carboxylic acids is 2. The fourth-order valence-corrected chi connectivity index (χ4v) is 7.75. The third kappa shape index (κ3) is 8.44. The van der Waals surface area contributed by atoms with Gasteiger partial charge in [-0.05, 0) is 82.3 Å². The normalized spacial score (nSPS) is 22.6. The molecule has 9 N–H and O–H groups in total. The Hall–Kier alpha value is -4.71. The number of carbonyl (C=O) groups is 3. The number of thiazole rings is 1. The van der Waals surface area contributed by atoms with Crippen molar-refractivity contribution in [2.45, 2.75) is 82.5 Å². The lowest BCUT2D eigenvalue weighted by Gasteiger charge is -2.50. The summed E-state index contributed by atoms with van der Waals surface area (Å²) in [5, 5.41) is 32.3. The number of nitrogens with zero attached hydrogens (tertiary/aromatic N) is 5. The highest BCUT2D eigenvalue weighted by molar-refractivity contribution is 7.80. The van der Waals surface area contributed by atoms with Crippen LogP contribution in [0.15, 0.2) is 41.1 Å². The van der Waals surface area contributed by atoms with E-state index >= 15 is 0 Å². The fourth-order valence-electron chi connectivity index (χ4n) is 6.74. The summed E-state index contributed by atoms with van der Waals surface area (Å²) >= 11 is 0.966. The molecular weight excluding hydrogens is 763 g/mol. The summed E-state index contributed by atoms with van der Waals surface area (Å²) in [6.07, 6.45) is 3.90. The smallest absolute Gasteiger partial charge is 0.418 e. The Labute approximate surface area is 319 Å². The summed E-state index contributed by atoms with van der Waals surface area (Å²) in [6, 6.07) is 4.24. The van der Waals surface area contributed by atoms with Gasteiger partial charge in [-0.3, -0.25) is 14.1 Å². The maximum atomic E-state index is 13.6. The number of carboxylic acids is 1. The monoisotopic (exact) mass is 806 g/mol. The standard InChI is InChI=1S/C33H43N9O11S2/c1-32(2)27(29(45)42(32)53-55(48,49)50)38-28(44)26(23-17-54-31(35)37-23)39-52-33(3,30(46)47)25-7-5-20-10-19(4-6-24(20)51-25)21-14-40(13-18-8-9-36-12-18)41(15-21)16-22(43)11-34/h4,6,10,14-15,17-18,22,25,27,36,43H,5,7-9,11-13,16,34H2,1-3H3,(H4-,35,37,38,44,46,47,48,49,50)/p+1/b39-26-/t18-,22-,25+,27+,33-/m0/s1. The number of aliphatic carboxylic acids is 1. The van der Waals surface area contributed by atoms with Crippen molar-refractivity contribution in [1.29, 1.82) is 0 Å². The lowest BCUT2D eigenvalue weighted by Crippen LogP contribution is -2.76. The van der Waals surface area contributed by atoms with Crippen molar-refractivity contribution in [3.8, 4) is 16.9 Å². The number of amides is 2. The topological polar surface area (TPSA) is 287 Å². The Bertz CT molecular complexity index is 2100. The predicted molar refractivity (Wildman–Crippen MR) is 195 cm³/mol. The lowest BCUT2D eigenvalue weighted by atomic mass is 9.84. The number of hydrogen-bond acceptors (Lipinski definition) is 15. The molecule has 0 aliphatic carbocycles. The number of benzene rings is 1. The highest BCUT2D eigenvalue weighted by Gasteiger charge is 2.58. The summed E-state index contributed by atoms with van der Waals surface area (Å²) in [5.41, 5.74) is 9.98. The molecule has 2 fully saturated rings. The SMILES string of the molecule is CC1(C)[C@H](NC(=O)/C(=N\O[C@](C)(C(=O)O)[C@H]2CCc3cc(-c4cn(C[C@H]5CCNC5)[n+](C[C@@H](O)CN)c4)ccc3O2)c2csc(N)n2)C(=O)N1OS(=O)(=O)O. The number of nitrogens with two attached hydrogens (primary N) is 2. The van der Waals surface area contributed by atoms with Crippen LogP contribution in [-0.2, 0) is 53.4 Å². The minimum atomic E-state index is -5.04. The molecule has 5 heterocycles. The van der Waals surface area contributed by atoms with Crippen LogP contribution in [-0.4, -0.2) is 110 Å². The summed E-state index contributed by atoms with van der Waals surface area (Å²) in [6.45, 7) is 7.12. The number of hydroxylamine groups is 2. The van der Waals surface area contributed by atoms with Crippen LogP contribution in [0.1, 0.15) is 44.9 Å². The lowest BCUT2D eigenvalue weighted by molar-refractivity contribution is -0.780. The zero-order valence-electron chi connectivity index (χ0n) is 30.2. The third-order valence-corrected chi connectivity index (χ3v) is 11.0. The van der Waals surface area contributed by atoms with Crippen LogP contribution in [0.3, 0.4) is 0 Å². The molecule has 20 nitrogen and oxygen atoms in total. The molecular formula is C33H44N9O11S2+. The van der Waals surface area contributed by atoms with Crippen LogP contribution in [0, 0.1) is 5.92 Å². The van der Waals surface area contributed by atoms with Crippen molar-refractivity contribution in [2.24, 2.45) is 16.8 Å².